The van der Waals surface area contributed by atoms with Crippen LogP contribution in [-0.2, 0) is 9.53 Å². The van der Waals surface area contributed by atoms with Crippen LogP contribution in [0.15, 0.2) is 0 Å². The van der Waals surface area contributed by atoms with Gasteiger partial charge in [0.05, 0.1) is 0 Å². The molecular weight excluding hydrogens is 208 g/mol. The molecule has 0 heterocycles. The van der Waals surface area contributed by atoms with Crippen molar-refractivity contribution in [3.05, 3.63) is 0 Å². The number of ether oxygens (including phenoxy) is 1. The lowest BCUT2D eigenvalue weighted by atomic mass is 10.4. The first kappa shape index (κ1) is 13.1. The van der Waals surface area contributed by atoms with Crippen LogP contribution in [0.5, 0.6) is 0 Å². The second-order valence-corrected chi connectivity index (χ2v) is 4.03. The van der Waals surface area contributed by atoms with Gasteiger partial charge in [-0.1, -0.05) is 23.9 Å². The first-order valence-corrected chi connectivity index (χ1v) is 6.27. The zero-order valence-electron chi connectivity index (χ0n) is 8.15. The van der Waals surface area contributed by atoms with Crippen molar-refractivity contribution in [3.63, 3.8) is 0 Å². The van der Waals surface area contributed by atoms with Crippen molar-refractivity contribution in [2.45, 2.75) is 13.0 Å². The van der Waals surface area contributed by atoms with Crippen molar-refractivity contribution >= 4 is 29.9 Å². The predicted octanol–water partition coefficient (Wildman–Crippen LogP) is 0.735. The largest absolute Gasteiger partial charge is 0.463 e. The van der Waals surface area contributed by atoms with E-state index in [0.717, 1.165) is 0 Å². The Morgan fingerprint density at radius 2 is 2.08 bits per heavy atom. The predicted molar refractivity (Wildman–Crippen MR) is 58.3 cm³/mol. The molecule has 0 rings (SSSR count). The van der Waals surface area contributed by atoms with Crippen LogP contribution in [0.4, 0.5) is 0 Å². The third kappa shape index (κ3) is 4.75. The summed E-state index contributed by atoms with van der Waals surface area (Å²) in [5.41, 5.74) is 5.22. The number of nitrogens with two attached hydrogens (primary N) is 1. The molecule has 0 saturated carbocycles. The van der Waals surface area contributed by atoms with Crippen molar-refractivity contribution in [1.29, 1.82) is 0 Å². The van der Waals surface area contributed by atoms with Crippen molar-refractivity contribution < 1.29 is 9.53 Å². The van der Waals surface area contributed by atoms with Crippen LogP contribution in [0.1, 0.15) is 6.92 Å². The van der Waals surface area contributed by atoms with Gasteiger partial charge >= 0.3 is 5.97 Å². The summed E-state index contributed by atoms with van der Waals surface area (Å²) >= 11 is 3.01. The number of carbonyl (C=O) groups is 1. The molecule has 0 aromatic heterocycles. The van der Waals surface area contributed by atoms with E-state index in [1.54, 1.807) is 0 Å². The van der Waals surface area contributed by atoms with Crippen LogP contribution >= 0.6 is 23.9 Å². The Kier molecular flexibility index (Phi) is 7.54. The van der Waals surface area contributed by atoms with E-state index >= 15 is 0 Å². The van der Waals surface area contributed by atoms with E-state index in [1.165, 1.54) is 23.9 Å². The minimum atomic E-state index is -0.239. The maximum Gasteiger partial charge on any atom is 0.325 e. The molecule has 1 atom stereocenters. The Morgan fingerprint density at radius 3 is 2.46 bits per heavy atom. The fourth-order valence-electron chi connectivity index (χ4n) is 0.757. The zero-order chi connectivity index (χ0) is 10.3. The summed E-state index contributed by atoms with van der Waals surface area (Å²) in [4.78, 5) is 11.3. The van der Waals surface area contributed by atoms with Crippen LogP contribution in [0, 0.1) is 0 Å². The highest BCUT2D eigenvalue weighted by atomic mass is 32.2. The molecular formula is C7H16N2O2S2. The van der Waals surface area contributed by atoms with Crippen molar-refractivity contribution in [1.82, 2.24) is 3.71 Å². The third-order valence-corrected chi connectivity index (χ3v) is 3.63. The Hall–Kier alpha value is 0.0900. The lowest BCUT2D eigenvalue weighted by Gasteiger charge is -2.21. The Balaban J connectivity index is 3.91. The van der Waals surface area contributed by atoms with E-state index in [4.69, 9.17) is 10.5 Å². The van der Waals surface area contributed by atoms with Gasteiger partial charge < -0.3 is 10.5 Å². The minimum Gasteiger partial charge on any atom is -0.463 e. The molecule has 0 fully saturated rings. The SMILES string of the molecule is CSN(SC)[C@@H](C)C(=O)OCCN. The number of carbonyl (C=O) groups excluding carboxylic acids is 1. The lowest BCUT2D eigenvalue weighted by Crippen LogP contribution is -2.32. The second-order valence-electron chi connectivity index (χ2n) is 2.28. The van der Waals surface area contributed by atoms with Gasteiger partial charge in [-0.05, 0) is 19.4 Å². The molecule has 0 radical (unpaired) electrons. The molecule has 0 unspecified atom stereocenters. The topological polar surface area (TPSA) is 55.6 Å². The summed E-state index contributed by atoms with van der Waals surface area (Å²) in [6.45, 7) is 2.47. The van der Waals surface area contributed by atoms with Crippen molar-refractivity contribution in [2.24, 2.45) is 5.73 Å². The average molecular weight is 224 g/mol. The lowest BCUT2D eigenvalue weighted by molar-refractivity contribution is -0.146. The smallest absolute Gasteiger partial charge is 0.325 e. The normalized spacial score (nSPS) is 13.0. The second kappa shape index (κ2) is 7.49. The molecule has 0 spiro atoms. The quantitative estimate of drug-likeness (QED) is 0.530. The molecule has 0 aliphatic heterocycles. The van der Waals surface area contributed by atoms with Crippen LogP contribution in [0.2, 0.25) is 0 Å². The molecule has 0 bridgehead atoms. The minimum absolute atomic E-state index is 0.228. The summed E-state index contributed by atoms with van der Waals surface area (Å²) in [6.07, 6.45) is 3.84. The van der Waals surface area contributed by atoms with E-state index in [2.05, 4.69) is 0 Å². The molecule has 13 heavy (non-hydrogen) atoms. The molecule has 0 aliphatic carbocycles. The van der Waals surface area contributed by atoms with E-state index < -0.39 is 0 Å². The molecule has 0 aliphatic rings. The van der Waals surface area contributed by atoms with Crippen LogP contribution in [0.25, 0.3) is 0 Å². The molecule has 0 saturated heterocycles. The monoisotopic (exact) mass is 224 g/mol. The van der Waals surface area contributed by atoms with E-state index in [0.29, 0.717) is 13.2 Å². The van der Waals surface area contributed by atoms with Gasteiger partial charge in [0.2, 0.25) is 0 Å². The van der Waals surface area contributed by atoms with E-state index in [-0.39, 0.29) is 12.0 Å². The molecule has 0 aromatic rings. The fourth-order valence-corrected chi connectivity index (χ4v) is 2.16. The van der Waals surface area contributed by atoms with Gasteiger partial charge in [0.15, 0.2) is 0 Å². The molecule has 6 heteroatoms. The summed E-state index contributed by atoms with van der Waals surface area (Å²) in [5.74, 6) is -0.228. The summed E-state index contributed by atoms with van der Waals surface area (Å²) in [6, 6.07) is -0.239. The number of hydrogen-bond acceptors (Lipinski definition) is 6. The first-order valence-electron chi connectivity index (χ1n) is 3.91. The van der Waals surface area contributed by atoms with Gasteiger partial charge in [0.25, 0.3) is 0 Å². The number of rotatable bonds is 6. The molecule has 78 valence electrons. The third-order valence-electron chi connectivity index (χ3n) is 1.38. The standard InChI is InChI=1S/C7H16N2O2S2/c1-6(9(12-2)13-3)7(10)11-5-4-8/h6H,4-5,8H2,1-3H3/t6-/m0/s1. The average Bonchev–Trinajstić information content (AvgIpc) is 2.15. The van der Waals surface area contributed by atoms with Crippen LogP contribution in [0.3, 0.4) is 0 Å². The number of hydrogen-bond donors (Lipinski definition) is 1. The van der Waals surface area contributed by atoms with Gasteiger partial charge in [0.1, 0.15) is 12.6 Å². The maximum atomic E-state index is 11.3. The Bertz CT molecular complexity index is 153. The highest BCUT2D eigenvalue weighted by molar-refractivity contribution is 8.11. The van der Waals surface area contributed by atoms with Gasteiger partial charge in [0, 0.05) is 6.54 Å². The summed E-state index contributed by atoms with van der Waals surface area (Å²) < 4.78 is 6.78. The van der Waals surface area contributed by atoms with Gasteiger partial charge in [-0.3, -0.25) is 4.79 Å². The maximum absolute atomic E-state index is 11.3. The summed E-state index contributed by atoms with van der Waals surface area (Å²) in [5, 5.41) is 0. The number of esters is 1. The number of nitrogens with zero attached hydrogens (tertiary/aromatic N) is 1. The van der Waals surface area contributed by atoms with E-state index in [1.807, 2.05) is 23.1 Å². The molecule has 0 amide bonds. The highest BCUT2D eigenvalue weighted by Gasteiger charge is 2.21. The molecule has 2 N–H and O–H groups in total. The Labute approximate surface area is 87.8 Å². The molecule has 4 nitrogen and oxygen atoms in total. The highest BCUT2D eigenvalue weighted by Crippen LogP contribution is 2.20. The van der Waals surface area contributed by atoms with E-state index in [9.17, 15) is 4.79 Å². The van der Waals surface area contributed by atoms with Gasteiger partial charge in [-0.2, -0.15) is 3.71 Å². The summed E-state index contributed by atoms with van der Waals surface area (Å²) in [7, 11) is 0. The van der Waals surface area contributed by atoms with Crippen molar-refractivity contribution in [2.75, 3.05) is 25.7 Å². The molecule has 0 aromatic carbocycles. The van der Waals surface area contributed by atoms with Gasteiger partial charge in [-0.15, -0.1) is 0 Å². The van der Waals surface area contributed by atoms with Crippen LogP contribution in [-0.4, -0.2) is 41.4 Å². The van der Waals surface area contributed by atoms with Crippen molar-refractivity contribution in [3.8, 4) is 0 Å². The zero-order valence-corrected chi connectivity index (χ0v) is 9.78. The van der Waals surface area contributed by atoms with Crippen LogP contribution < -0.4 is 5.73 Å². The first-order chi connectivity index (χ1) is 6.17. The Morgan fingerprint density at radius 1 is 1.54 bits per heavy atom. The van der Waals surface area contributed by atoms with Gasteiger partial charge in [-0.25, -0.2) is 0 Å². The fraction of sp³-hybridized carbons (Fsp3) is 0.857.